The first-order valence-corrected chi connectivity index (χ1v) is 7.13. The maximum absolute atomic E-state index is 9.16. The highest BCUT2D eigenvalue weighted by atomic mass is 32.2. The van der Waals surface area contributed by atoms with Crippen LogP contribution in [0.2, 0.25) is 0 Å². The van der Waals surface area contributed by atoms with Gasteiger partial charge < -0.3 is 4.42 Å². The first kappa shape index (κ1) is 13.9. The topological polar surface area (TPSA) is 86.5 Å². The van der Waals surface area contributed by atoms with Crippen molar-refractivity contribution in [2.45, 2.75) is 10.1 Å². The van der Waals surface area contributed by atoms with Gasteiger partial charge in [-0.25, -0.2) is 0 Å². The molecular weight excluding hydrogens is 296 g/mol. The highest BCUT2D eigenvalue weighted by Gasteiger charge is 2.15. The first-order valence-electron chi connectivity index (χ1n) is 6.32. The van der Waals surface area contributed by atoms with E-state index in [1.54, 1.807) is 18.2 Å². The van der Waals surface area contributed by atoms with Crippen molar-refractivity contribution in [1.29, 1.82) is 10.5 Å². The zero-order chi connectivity index (χ0) is 15.4. The molecular formula is C16H8N4OS. The second-order valence-electron chi connectivity index (χ2n) is 4.25. The number of nitriles is 2. The summed E-state index contributed by atoms with van der Waals surface area (Å²) in [5, 5.41) is 26.6. The van der Waals surface area contributed by atoms with Crippen molar-refractivity contribution in [3.05, 3.63) is 59.7 Å². The Morgan fingerprint density at radius 3 is 2.18 bits per heavy atom. The summed E-state index contributed by atoms with van der Waals surface area (Å²) in [5.41, 5.74) is 1.63. The van der Waals surface area contributed by atoms with Crippen molar-refractivity contribution < 1.29 is 4.42 Å². The molecule has 0 aliphatic carbocycles. The molecule has 1 aromatic heterocycles. The third-order valence-electron chi connectivity index (χ3n) is 2.87. The molecule has 104 valence electrons. The molecule has 6 heteroatoms. The van der Waals surface area contributed by atoms with E-state index in [0.29, 0.717) is 21.9 Å². The van der Waals surface area contributed by atoms with E-state index in [0.717, 1.165) is 17.3 Å². The molecule has 0 bridgehead atoms. The molecule has 3 rings (SSSR count). The van der Waals surface area contributed by atoms with Gasteiger partial charge in [0.05, 0.1) is 16.0 Å². The molecule has 0 fully saturated rings. The SMILES string of the molecule is N#Cc1cccc(C#N)c1Sc1nnc(-c2ccccc2)o1. The Hall–Kier alpha value is -3.09. The molecule has 0 aliphatic rings. The van der Waals surface area contributed by atoms with E-state index >= 15 is 0 Å². The van der Waals surface area contributed by atoms with Crippen LogP contribution in [0.3, 0.4) is 0 Å². The van der Waals surface area contributed by atoms with E-state index in [-0.39, 0.29) is 5.22 Å². The van der Waals surface area contributed by atoms with Crippen molar-refractivity contribution in [3.63, 3.8) is 0 Å². The van der Waals surface area contributed by atoms with Gasteiger partial charge in [-0.1, -0.05) is 24.3 Å². The molecule has 3 aromatic rings. The Bertz CT molecular complexity index is 858. The monoisotopic (exact) mass is 304 g/mol. The van der Waals surface area contributed by atoms with E-state index in [2.05, 4.69) is 22.3 Å². The number of hydrogen-bond acceptors (Lipinski definition) is 6. The first-order chi connectivity index (χ1) is 10.8. The second-order valence-corrected chi connectivity index (χ2v) is 5.21. The molecule has 2 aromatic carbocycles. The predicted molar refractivity (Wildman–Crippen MR) is 79.7 cm³/mol. The minimum absolute atomic E-state index is 0.290. The second kappa shape index (κ2) is 6.13. The molecule has 0 saturated carbocycles. The van der Waals surface area contributed by atoms with Gasteiger partial charge in [-0.3, -0.25) is 0 Å². The zero-order valence-corrected chi connectivity index (χ0v) is 12.0. The van der Waals surface area contributed by atoms with Gasteiger partial charge in [-0.2, -0.15) is 10.5 Å². The molecule has 0 amide bonds. The lowest BCUT2D eigenvalue weighted by Crippen LogP contribution is -1.87. The van der Waals surface area contributed by atoms with Gasteiger partial charge in [-0.15, -0.1) is 10.2 Å². The standard InChI is InChI=1S/C16H8N4OS/c17-9-12-7-4-8-13(10-18)14(12)22-16-20-19-15(21-16)11-5-2-1-3-6-11/h1-8H. The van der Waals surface area contributed by atoms with Gasteiger partial charge in [-0.05, 0) is 36.0 Å². The summed E-state index contributed by atoms with van der Waals surface area (Å²) in [6.45, 7) is 0. The quantitative estimate of drug-likeness (QED) is 0.734. The summed E-state index contributed by atoms with van der Waals surface area (Å²) in [5.74, 6) is 0.399. The molecule has 0 aliphatic heterocycles. The van der Waals surface area contributed by atoms with Crippen LogP contribution in [0.1, 0.15) is 11.1 Å². The van der Waals surface area contributed by atoms with E-state index in [4.69, 9.17) is 14.9 Å². The molecule has 0 radical (unpaired) electrons. The van der Waals surface area contributed by atoms with Crippen LogP contribution in [-0.2, 0) is 0 Å². The van der Waals surface area contributed by atoms with E-state index in [1.165, 1.54) is 0 Å². The summed E-state index contributed by atoms with van der Waals surface area (Å²) in [4.78, 5) is 0.524. The molecule has 22 heavy (non-hydrogen) atoms. The fraction of sp³-hybridized carbons (Fsp3) is 0. The lowest BCUT2D eigenvalue weighted by atomic mass is 10.1. The van der Waals surface area contributed by atoms with Crippen LogP contribution >= 0.6 is 11.8 Å². The molecule has 0 spiro atoms. The summed E-state index contributed by atoms with van der Waals surface area (Å²) < 4.78 is 5.59. The maximum atomic E-state index is 9.16. The van der Waals surface area contributed by atoms with Gasteiger partial charge in [0.25, 0.3) is 5.22 Å². The van der Waals surface area contributed by atoms with Gasteiger partial charge in [0.1, 0.15) is 12.1 Å². The third-order valence-corrected chi connectivity index (χ3v) is 3.86. The summed E-state index contributed by atoms with van der Waals surface area (Å²) in [6.07, 6.45) is 0. The van der Waals surface area contributed by atoms with Crippen LogP contribution in [0.4, 0.5) is 0 Å². The zero-order valence-electron chi connectivity index (χ0n) is 11.2. The highest BCUT2D eigenvalue weighted by molar-refractivity contribution is 7.99. The van der Waals surface area contributed by atoms with Crippen LogP contribution in [-0.4, -0.2) is 10.2 Å². The molecule has 5 nitrogen and oxygen atoms in total. The average Bonchev–Trinajstić information content (AvgIpc) is 3.04. The van der Waals surface area contributed by atoms with Crippen LogP contribution in [0.15, 0.2) is 63.1 Å². The molecule has 0 unspecified atom stereocenters. The van der Waals surface area contributed by atoms with Crippen molar-refractivity contribution in [2.75, 3.05) is 0 Å². The molecule has 0 saturated heterocycles. The number of benzene rings is 2. The van der Waals surface area contributed by atoms with Gasteiger partial charge >= 0.3 is 0 Å². The van der Waals surface area contributed by atoms with E-state index < -0.39 is 0 Å². The molecule has 1 heterocycles. The van der Waals surface area contributed by atoms with Crippen LogP contribution in [0.5, 0.6) is 0 Å². The van der Waals surface area contributed by atoms with Crippen LogP contribution in [0, 0.1) is 22.7 Å². The normalized spacial score (nSPS) is 9.91. The third kappa shape index (κ3) is 2.69. The Balaban J connectivity index is 1.95. The van der Waals surface area contributed by atoms with Crippen LogP contribution in [0.25, 0.3) is 11.5 Å². The van der Waals surface area contributed by atoms with Crippen LogP contribution < -0.4 is 0 Å². The summed E-state index contributed by atoms with van der Waals surface area (Å²) >= 11 is 1.12. The van der Waals surface area contributed by atoms with Gasteiger partial charge in [0.15, 0.2) is 0 Å². The lowest BCUT2D eigenvalue weighted by molar-refractivity contribution is 0.466. The lowest BCUT2D eigenvalue weighted by Gasteiger charge is -2.01. The van der Waals surface area contributed by atoms with E-state index in [9.17, 15) is 0 Å². The maximum Gasteiger partial charge on any atom is 0.281 e. The minimum atomic E-state index is 0.290. The fourth-order valence-electron chi connectivity index (χ4n) is 1.86. The Labute approximate surface area is 130 Å². The van der Waals surface area contributed by atoms with Gasteiger partial charge in [0, 0.05) is 5.56 Å². The Morgan fingerprint density at radius 2 is 1.55 bits per heavy atom. The fourth-order valence-corrected chi connectivity index (χ4v) is 2.68. The number of nitrogens with zero attached hydrogens (tertiary/aromatic N) is 4. The van der Waals surface area contributed by atoms with Crippen molar-refractivity contribution in [1.82, 2.24) is 10.2 Å². The van der Waals surface area contributed by atoms with Crippen molar-refractivity contribution >= 4 is 11.8 Å². The minimum Gasteiger partial charge on any atom is -0.411 e. The smallest absolute Gasteiger partial charge is 0.281 e. The largest absolute Gasteiger partial charge is 0.411 e. The summed E-state index contributed by atoms with van der Waals surface area (Å²) in [6, 6.07) is 18.5. The number of aromatic nitrogens is 2. The Morgan fingerprint density at radius 1 is 0.864 bits per heavy atom. The highest BCUT2D eigenvalue weighted by Crippen LogP contribution is 2.33. The Kier molecular flexibility index (Phi) is 3.86. The average molecular weight is 304 g/mol. The van der Waals surface area contributed by atoms with E-state index in [1.807, 2.05) is 30.3 Å². The predicted octanol–water partition coefficient (Wildman–Crippen LogP) is 3.63. The van der Waals surface area contributed by atoms with Crippen molar-refractivity contribution in [3.8, 4) is 23.6 Å². The molecule has 0 N–H and O–H groups in total. The van der Waals surface area contributed by atoms with Gasteiger partial charge in [0.2, 0.25) is 5.89 Å². The summed E-state index contributed by atoms with van der Waals surface area (Å²) in [7, 11) is 0. The molecule has 0 atom stereocenters. The number of rotatable bonds is 3. The number of hydrogen-bond donors (Lipinski definition) is 0. The van der Waals surface area contributed by atoms with Crippen molar-refractivity contribution in [2.24, 2.45) is 0 Å².